The van der Waals surface area contributed by atoms with E-state index in [-0.39, 0.29) is 0 Å². The van der Waals surface area contributed by atoms with Gasteiger partial charge < -0.3 is 4.98 Å². The quantitative estimate of drug-likeness (QED) is 0.339. The molecule has 1 N–H and O–H groups in total. The van der Waals surface area contributed by atoms with Gasteiger partial charge in [-0.25, -0.2) is 0 Å². The Morgan fingerprint density at radius 2 is 1.58 bits per heavy atom. The van der Waals surface area contributed by atoms with Crippen molar-refractivity contribution in [3.05, 3.63) is 133 Å². The Morgan fingerprint density at radius 3 is 2.52 bits per heavy atom. The Bertz CT molecular complexity index is 1530. The molecular formula is C32H25N. The molecule has 0 aliphatic heterocycles. The summed E-state index contributed by atoms with van der Waals surface area (Å²) in [6.45, 7) is 0. The molecule has 1 nitrogen and oxygen atoms in total. The molecule has 4 aromatic rings. The zero-order valence-corrected chi connectivity index (χ0v) is 18.5. The van der Waals surface area contributed by atoms with Gasteiger partial charge in [0.15, 0.2) is 0 Å². The molecule has 0 atom stereocenters. The van der Waals surface area contributed by atoms with E-state index in [1.165, 1.54) is 55.2 Å². The van der Waals surface area contributed by atoms with Gasteiger partial charge in [0, 0.05) is 21.9 Å². The number of rotatable bonds is 3. The van der Waals surface area contributed by atoms with Crippen molar-refractivity contribution in [2.45, 2.75) is 12.8 Å². The lowest BCUT2D eigenvalue weighted by Gasteiger charge is -2.09. The first-order valence-electron chi connectivity index (χ1n) is 11.6. The summed E-state index contributed by atoms with van der Waals surface area (Å²) in [5.41, 5.74) is 9.95. The fourth-order valence-corrected chi connectivity index (χ4v) is 4.78. The van der Waals surface area contributed by atoms with Gasteiger partial charge in [-0.2, -0.15) is 0 Å². The number of hydrogen-bond donors (Lipinski definition) is 1. The van der Waals surface area contributed by atoms with Crippen molar-refractivity contribution >= 4 is 33.0 Å². The van der Waals surface area contributed by atoms with E-state index in [2.05, 4.69) is 126 Å². The van der Waals surface area contributed by atoms with Crippen LogP contribution in [0.3, 0.4) is 0 Å². The summed E-state index contributed by atoms with van der Waals surface area (Å²) in [6.07, 6.45) is 23.7. The van der Waals surface area contributed by atoms with Gasteiger partial charge in [0.05, 0.1) is 5.52 Å². The molecule has 0 amide bonds. The van der Waals surface area contributed by atoms with Crippen molar-refractivity contribution in [3.63, 3.8) is 0 Å². The van der Waals surface area contributed by atoms with Crippen molar-refractivity contribution < 1.29 is 0 Å². The molecule has 1 heterocycles. The third-order valence-electron chi connectivity index (χ3n) is 6.47. The maximum atomic E-state index is 3.78. The molecule has 0 spiro atoms. The van der Waals surface area contributed by atoms with Gasteiger partial charge in [-0.15, -0.1) is 0 Å². The average Bonchev–Trinajstić information content (AvgIpc) is 3.09. The molecule has 0 saturated heterocycles. The largest absolute Gasteiger partial charge is 0.354 e. The Kier molecular flexibility index (Phi) is 5.01. The third-order valence-corrected chi connectivity index (χ3v) is 6.47. The lowest BCUT2D eigenvalue weighted by Crippen LogP contribution is -1.87. The number of H-pyrrole nitrogens is 1. The highest BCUT2D eigenvalue weighted by molar-refractivity contribution is 6.13. The van der Waals surface area contributed by atoms with E-state index >= 15 is 0 Å². The number of aromatic nitrogens is 1. The fourth-order valence-electron chi connectivity index (χ4n) is 4.78. The monoisotopic (exact) mass is 423 g/mol. The van der Waals surface area contributed by atoms with E-state index in [1.807, 2.05) is 0 Å². The van der Waals surface area contributed by atoms with E-state index in [9.17, 15) is 0 Å². The van der Waals surface area contributed by atoms with Gasteiger partial charge in [0.1, 0.15) is 0 Å². The number of fused-ring (bicyclic) bond motifs is 3. The third kappa shape index (κ3) is 3.72. The average molecular weight is 424 g/mol. The zero-order chi connectivity index (χ0) is 22.0. The number of hydrogen-bond acceptors (Lipinski definition) is 0. The molecule has 0 bridgehead atoms. The molecule has 33 heavy (non-hydrogen) atoms. The molecule has 2 aliphatic rings. The van der Waals surface area contributed by atoms with Crippen LogP contribution in [-0.2, 0) is 0 Å². The standard InChI is InChI=1S/C32H25N/c1-2-7-13-23(12-6-1)26-18-19-28-30-21-27(24-14-10-5-11-15-24)20-29(32(30)33-31(28)22-26)25-16-8-3-4-9-17-25/h1-3,5-12,14-22,33H,4,13H2. The zero-order valence-electron chi connectivity index (χ0n) is 18.5. The maximum absolute atomic E-state index is 3.78. The summed E-state index contributed by atoms with van der Waals surface area (Å²) in [6, 6.07) is 22.2. The molecule has 0 saturated carbocycles. The first kappa shape index (κ1) is 19.6. The van der Waals surface area contributed by atoms with Crippen LogP contribution in [0.5, 0.6) is 0 Å². The molecule has 0 fully saturated rings. The van der Waals surface area contributed by atoms with Crippen LogP contribution < -0.4 is 0 Å². The molecular weight excluding hydrogens is 398 g/mol. The van der Waals surface area contributed by atoms with E-state index in [1.54, 1.807) is 0 Å². The maximum Gasteiger partial charge on any atom is 0.0544 e. The molecule has 3 aromatic carbocycles. The smallest absolute Gasteiger partial charge is 0.0544 e. The normalized spacial score (nSPS) is 15.5. The van der Waals surface area contributed by atoms with Crippen molar-refractivity contribution in [2.75, 3.05) is 0 Å². The Balaban J connectivity index is 1.60. The molecule has 1 heteroatoms. The fraction of sp³-hybridized carbons (Fsp3) is 0.0625. The molecule has 158 valence electrons. The minimum absolute atomic E-state index is 0.951. The van der Waals surface area contributed by atoms with Crippen LogP contribution in [0.15, 0.2) is 121 Å². The van der Waals surface area contributed by atoms with Gasteiger partial charge in [0.25, 0.3) is 0 Å². The van der Waals surface area contributed by atoms with Crippen molar-refractivity contribution in [1.29, 1.82) is 0 Å². The first-order valence-corrected chi connectivity index (χ1v) is 11.6. The number of benzene rings is 3. The lowest BCUT2D eigenvalue weighted by atomic mass is 9.94. The number of nitrogens with one attached hydrogen (secondary N) is 1. The highest BCUT2D eigenvalue weighted by Gasteiger charge is 2.14. The Hall–Kier alpha value is -4.10. The van der Waals surface area contributed by atoms with Gasteiger partial charge in [0.2, 0.25) is 0 Å². The van der Waals surface area contributed by atoms with E-state index in [0.29, 0.717) is 0 Å². The highest BCUT2D eigenvalue weighted by atomic mass is 14.7. The summed E-state index contributed by atoms with van der Waals surface area (Å²) in [4.78, 5) is 3.78. The van der Waals surface area contributed by atoms with Crippen molar-refractivity contribution in [1.82, 2.24) is 4.98 Å². The molecule has 0 radical (unpaired) electrons. The summed E-state index contributed by atoms with van der Waals surface area (Å²) in [7, 11) is 0. The van der Waals surface area contributed by atoms with Gasteiger partial charge >= 0.3 is 0 Å². The van der Waals surface area contributed by atoms with Crippen molar-refractivity contribution in [3.8, 4) is 11.1 Å². The lowest BCUT2D eigenvalue weighted by molar-refractivity contribution is 1.40. The topological polar surface area (TPSA) is 15.8 Å². The van der Waals surface area contributed by atoms with Gasteiger partial charge in [-0.1, -0.05) is 103 Å². The summed E-state index contributed by atoms with van der Waals surface area (Å²) in [5, 5.41) is 2.53. The predicted octanol–water partition coefficient (Wildman–Crippen LogP) is 8.79. The predicted molar refractivity (Wildman–Crippen MR) is 143 cm³/mol. The molecule has 1 aromatic heterocycles. The van der Waals surface area contributed by atoms with E-state index in [0.717, 1.165) is 12.8 Å². The van der Waals surface area contributed by atoms with Crippen LogP contribution in [0.4, 0.5) is 0 Å². The van der Waals surface area contributed by atoms with Gasteiger partial charge in [-0.05, 0) is 58.9 Å². The van der Waals surface area contributed by atoms with Crippen molar-refractivity contribution in [2.24, 2.45) is 0 Å². The Morgan fingerprint density at radius 1 is 0.636 bits per heavy atom. The highest BCUT2D eigenvalue weighted by Crippen LogP contribution is 2.37. The summed E-state index contributed by atoms with van der Waals surface area (Å²) >= 11 is 0. The number of allylic oxidation sites excluding steroid dienone is 12. The second-order valence-corrected chi connectivity index (χ2v) is 8.60. The van der Waals surface area contributed by atoms with Crippen LogP contribution in [0.2, 0.25) is 0 Å². The van der Waals surface area contributed by atoms with Crippen LogP contribution in [-0.4, -0.2) is 4.98 Å². The van der Waals surface area contributed by atoms with E-state index in [4.69, 9.17) is 0 Å². The SMILES string of the molecule is C1=CC=C(c2ccc3c(c2)[nH]c2c(C4=CC=CCC=C4)cc(-c4ccccc4)cc23)CC=C1. The second kappa shape index (κ2) is 8.44. The van der Waals surface area contributed by atoms with E-state index < -0.39 is 0 Å². The van der Waals surface area contributed by atoms with Crippen LogP contribution >= 0.6 is 0 Å². The minimum Gasteiger partial charge on any atom is -0.354 e. The van der Waals surface area contributed by atoms with Gasteiger partial charge in [-0.3, -0.25) is 0 Å². The molecule has 0 unspecified atom stereocenters. The van der Waals surface area contributed by atoms with Crippen LogP contribution in [0.25, 0.3) is 44.1 Å². The van der Waals surface area contributed by atoms with Crippen LogP contribution in [0.1, 0.15) is 24.0 Å². The minimum atomic E-state index is 0.951. The summed E-state index contributed by atoms with van der Waals surface area (Å²) in [5.74, 6) is 0. The Labute approximate surface area is 194 Å². The molecule has 6 rings (SSSR count). The summed E-state index contributed by atoms with van der Waals surface area (Å²) < 4.78 is 0. The first-order chi connectivity index (χ1) is 16.4. The second-order valence-electron chi connectivity index (χ2n) is 8.60. The van der Waals surface area contributed by atoms with Crippen LogP contribution in [0, 0.1) is 0 Å². The number of aromatic amines is 1. The molecule has 2 aliphatic carbocycles.